The molecule has 1 aromatic carbocycles. The van der Waals surface area contributed by atoms with E-state index in [9.17, 15) is 14.5 Å². The molecular formula is C12H14ClFN2O3. The first kappa shape index (κ1) is 14.0. The molecule has 0 heterocycles. The minimum atomic E-state index is -0.832. The number of halogens is 2. The van der Waals surface area contributed by atoms with E-state index in [-0.39, 0.29) is 22.9 Å². The van der Waals surface area contributed by atoms with E-state index in [4.69, 9.17) is 22.1 Å². The number of ether oxygens (including phenoxy) is 1. The Bertz CT molecular complexity index is 498. The van der Waals surface area contributed by atoms with Gasteiger partial charge in [0.1, 0.15) is 11.9 Å². The number of nitro benzene ring substituents is 1. The second kappa shape index (κ2) is 5.71. The Hall–Kier alpha value is -1.40. The van der Waals surface area contributed by atoms with Gasteiger partial charge in [0, 0.05) is 12.1 Å². The van der Waals surface area contributed by atoms with Crippen LogP contribution in [-0.4, -0.2) is 17.1 Å². The zero-order chi connectivity index (χ0) is 14.0. The van der Waals surface area contributed by atoms with Gasteiger partial charge >= 0.3 is 5.69 Å². The van der Waals surface area contributed by atoms with Crippen molar-refractivity contribution in [1.82, 2.24) is 0 Å². The van der Waals surface area contributed by atoms with Gasteiger partial charge in [-0.25, -0.2) is 4.39 Å². The second-order valence-corrected chi connectivity index (χ2v) is 5.06. The molecule has 7 heteroatoms. The monoisotopic (exact) mass is 288 g/mol. The van der Waals surface area contributed by atoms with Crippen LogP contribution in [0, 0.1) is 15.9 Å². The molecule has 104 valence electrons. The molecule has 0 saturated heterocycles. The highest BCUT2D eigenvalue weighted by Gasteiger charge is 2.25. The molecule has 1 fully saturated rings. The Morgan fingerprint density at radius 3 is 2.84 bits per heavy atom. The molecule has 2 atom stereocenters. The Morgan fingerprint density at radius 2 is 2.21 bits per heavy atom. The van der Waals surface area contributed by atoms with E-state index in [1.807, 2.05) is 0 Å². The minimum Gasteiger partial charge on any atom is -0.483 e. The molecular weight excluding hydrogens is 275 g/mol. The molecule has 0 bridgehead atoms. The van der Waals surface area contributed by atoms with Gasteiger partial charge in [-0.05, 0) is 25.7 Å². The maximum absolute atomic E-state index is 13.2. The molecule has 2 rings (SSSR count). The van der Waals surface area contributed by atoms with Crippen LogP contribution >= 0.6 is 11.6 Å². The van der Waals surface area contributed by atoms with E-state index < -0.39 is 16.4 Å². The van der Waals surface area contributed by atoms with Crippen molar-refractivity contribution in [2.75, 3.05) is 0 Å². The molecule has 5 nitrogen and oxygen atoms in total. The van der Waals surface area contributed by atoms with Gasteiger partial charge in [0.25, 0.3) is 0 Å². The third-order valence-electron chi connectivity index (χ3n) is 3.16. The van der Waals surface area contributed by atoms with E-state index in [1.165, 1.54) is 0 Å². The van der Waals surface area contributed by atoms with Crippen molar-refractivity contribution in [3.05, 3.63) is 33.1 Å². The Morgan fingerprint density at radius 1 is 1.47 bits per heavy atom. The lowest BCUT2D eigenvalue weighted by molar-refractivity contribution is -0.386. The van der Waals surface area contributed by atoms with Gasteiger partial charge in [0.2, 0.25) is 0 Å². The first-order valence-electron chi connectivity index (χ1n) is 6.03. The number of nitrogens with zero attached hydrogens (tertiary/aromatic N) is 1. The van der Waals surface area contributed by atoms with Crippen molar-refractivity contribution in [3.8, 4) is 5.75 Å². The highest BCUT2D eigenvalue weighted by atomic mass is 35.5. The summed E-state index contributed by atoms with van der Waals surface area (Å²) >= 11 is 5.63. The summed E-state index contributed by atoms with van der Waals surface area (Å²) in [6, 6.07) is 1.96. The molecule has 0 aromatic heterocycles. The summed E-state index contributed by atoms with van der Waals surface area (Å²) in [5.74, 6) is -0.837. The van der Waals surface area contributed by atoms with Crippen LogP contribution in [0.1, 0.15) is 25.7 Å². The quantitative estimate of drug-likeness (QED) is 0.685. The lowest BCUT2D eigenvalue weighted by Gasteiger charge is -2.27. The van der Waals surface area contributed by atoms with Crippen LogP contribution in [0.4, 0.5) is 10.1 Å². The van der Waals surface area contributed by atoms with E-state index in [2.05, 4.69) is 0 Å². The number of rotatable bonds is 3. The molecule has 2 unspecified atom stereocenters. The number of nitrogens with two attached hydrogens (primary N) is 1. The smallest absolute Gasteiger partial charge is 0.313 e. The predicted octanol–water partition coefficient (Wildman–Crippen LogP) is 3.04. The highest BCUT2D eigenvalue weighted by Crippen LogP contribution is 2.34. The van der Waals surface area contributed by atoms with E-state index >= 15 is 0 Å². The highest BCUT2D eigenvalue weighted by molar-refractivity contribution is 6.31. The van der Waals surface area contributed by atoms with Gasteiger partial charge in [-0.2, -0.15) is 0 Å². The van der Waals surface area contributed by atoms with Crippen LogP contribution in [0.2, 0.25) is 5.02 Å². The maximum Gasteiger partial charge on any atom is 0.313 e. The van der Waals surface area contributed by atoms with Crippen LogP contribution in [0.15, 0.2) is 12.1 Å². The fourth-order valence-corrected chi connectivity index (χ4v) is 2.38. The van der Waals surface area contributed by atoms with E-state index in [0.717, 1.165) is 31.4 Å². The Balaban J connectivity index is 2.23. The van der Waals surface area contributed by atoms with Crippen molar-refractivity contribution >= 4 is 17.3 Å². The van der Waals surface area contributed by atoms with Gasteiger partial charge in [-0.3, -0.25) is 10.1 Å². The van der Waals surface area contributed by atoms with Gasteiger partial charge in [-0.15, -0.1) is 0 Å². The fraction of sp³-hybridized carbons (Fsp3) is 0.500. The molecule has 19 heavy (non-hydrogen) atoms. The zero-order valence-corrected chi connectivity index (χ0v) is 10.9. The molecule has 1 aromatic rings. The third-order valence-corrected chi connectivity index (χ3v) is 3.45. The molecule has 2 N–H and O–H groups in total. The molecule has 0 radical (unpaired) electrons. The molecule has 1 saturated carbocycles. The van der Waals surface area contributed by atoms with Crippen molar-refractivity contribution < 1.29 is 14.1 Å². The average molecular weight is 289 g/mol. The molecule has 0 spiro atoms. The van der Waals surface area contributed by atoms with Gasteiger partial charge in [-0.1, -0.05) is 11.6 Å². The summed E-state index contributed by atoms with van der Waals surface area (Å²) < 4.78 is 18.8. The summed E-state index contributed by atoms with van der Waals surface area (Å²) in [5, 5.41) is 10.7. The summed E-state index contributed by atoms with van der Waals surface area (Å²) in [6.45, 7) is 0. The summed E-state index contributed by atoms with van der Waals surface area (Å²) in [5.41, 5.74) is 5.42. The average Bonchev–Trinajstić information content (AvgIpc) is 2.33. The SMILES string of the molecule is NC1CCCC(Oc2cc(Cl)c(F)cc2[N+](=O)[O-])C1. The Kier molecular flexibility index (Phi) is 4.21. The molecule has 0 aliphatic heterocycles. The number of nitro groups is 1. The van der Waals surface area contributed by atoms with Crippen LogP contribution in [-0.2, 0) is 0 Å². The standard InChI is InChI=1S/C12H14ClFN2O3/c13-9-5-12(11(16(17)18)6-10(9)14)19-8-3-1-2-7(15)4-8/h5-8H,1-4,15H2. The largest absolute Gasteiger partial charge is 0.483 e. The minimum absolute atomic E-state index is 0.00417. The number of hydrogen-bond acceptors (Lipinski definition) is 4. The summed E-state index contributed by atoms with van der Waals surface area (Å²) in [6.07, 6.45) is 3.05. The van der Waals surface area contributed by atoms with Crippen molar-refractivity contribution in [2.45, 2.75) is 37.8 Å². The Labute approximate surface area is 114 Å². The van der Waals surface area contributed by atoms with Crippen LogP contribution in [0.25, 0.3) is 0 Å². The van der Waals surface area contributed by atoms with Crippen LogP contribution < -0.4 is 10.5 Å². The van der Waals surface area contributed by atoms with Crippen LogP contribution in [0.3, 0.4) is 0 Å². The van der Waals surface area contributed by atoms with Crippen molar-refractivity contribution in [2.24, 2.45) is 5.73 Å². The molecule has 1 aliphatic rings. The number of benzene rings is 1. The van der Waals surface area contributed by atoms with Crippen molar-refractivity contribution in [1.29, 1.82) is 0 Å². The third kappa shape index (κ3) is 3.33. The normalized spacial score (nSPS) is 23.1. The van der Waals surface area contributed by atoms with E-state index in [1.54, 1.807) is 0 Å². The predicted molar refractivity (Wildman–Crippen MR) is 68.9 cm³/mol. The van der Waals surface area contributed by atoms with Crippen LogP contribution in [0.5, 0.6) is 5.75 Å². The lowest BCUT2D eigenvalue weighted by atomic mass is 9.93. The molecule has 1 aliphatic carbocycles. The topological polar surface area (TPSA) is 78.4 Å². The van der Waals surface area contributed by atoms with Gasteiger partial charge < -0.3 is 10.5 Å². The molecule has 0 amide bonds. The lowest BCUT2D eigenvalue weighted by Crippen LogP contribution is -2.33. The first-order chi connectivity index (χ1) is 8.97. The maximum atomic E-state index is 13.2. The zero-order valence-electron chi connectivity index (χ0n) is 10.1. The first-order valence-corrected chi connectivity index (χ1v) is 6.41. The fourth-order valence-electron chi connectivity index (χ4n) is 2.22. The van der Waals surface area contributed by atoms with Crippen molar-refractivity contribution in [3.63, 3.8) is 0 Å². The number of hydrogen-bond donors (Lipinski definition) is 1. The second-order valence-electron chi connectivity index (χ2n) is 4.66. The van der Waals surface area contributed by atoms with Gasteiger partial charge in [0.15, 0.2) is 5.75 Å². The summed E-state index contributed by atoms with van der Waals surface area (Å²) in [4.78, 5) is 10.2. The summed E-state index contributed by atoms with van der Waals surface area (Å²) in [7, 11) is 0. The van der Waals surface area contributed by atoms with E-state index in [0.29, 0.717) is 6.42 Å². The van der Waals surface area contributed by atoms with Gasteiger partial charge in [0.05, 0.1) is 16.0 Å².